The number of nitrogens with zero attached hydrogens (tertiary/aromatic N) is 4. The molecule has 1 aromatic carbocycles. The number of aromatic nitrogens is 3. The first-order valence-electron chi connectivity index (χ1n) is 7.08. The Kier molecular flexibility index (Phi) is 4.41. The number of benzene rings is 1. The highest BCUT2D eigenvalue weighted by Crippen LogP contribution is 2.42. The normalized spacial score (nSPS) is 25.0. The van der Waals surface area contributed by atoms with E-state index in [1.807, 2.05) is 12.1 Å². The summed E-state index contributed by atoms with van der Waals surface area (Å²) < 4.78 is 8.02. The topological polar surface area (TPSA) is 43.2 Å². The van der Waals surface area contributed by atoms with Crippen LogP contribution in [0.25, 0.3) is 0 Å². The molecule has 0 spiro atoms. The highest BCUT2D eigenvalue weighted by molar-refractivity contribution is 6.35. The highest BCUT2D eigenvalue weighted by atomic mass is 35.5. The maximum absolute atomic E-state index is 6.44. The van der Waals surface area contributed by atoms with Crippen LogP contribution in [0.1, 0.15) is 12.0 Å². The van der Waals surface area contributed by atoms with E-state index in [-0.39, 0.29) is 0 Å². The van der Waals surface area contributed by atoms with Gasteiger partial charge >= 0.3 is 0 Å². The van der Waals surface area contributed by atoms with E-state index < -0.39 is 5.60 Å². The first-order chi connectivity index (χ1) is 10.5. The average molecular weight is 341 g/mol. The van der Waals surface area contributed by atoms with E-state index in [2.05, 4.69) is 29.1 Å². The zero-order chi connectivity index (χ0) is 15.7. The van der Waals surface area contributed by atoms with Gasteiger partial charge in [0.15, 0.2) is 0 Å². The first kappa shape index (κ1) is 15.7. The number of rotatable bonds is 4. The largest absolute Gasteiger partial charge is 0.367 e. The Morgan fingerprint density at radius 2 is 2.23 bits per heavy atom. The van der Waals surface area contributed by atoms with Crippen molar-refractivity contribution < 1.29 is 4.74 Å². The van der Waals surface area contributed by atoms with Gasteiger partial charge in [0.05, 0.1) is 13.2 Å². The molecule has 1 saturated heterocycles. The third-order valence-electron chi connectivity index (χ3n) is 4.15. The molecule has 1 aliphatic rings. The van der Waals surface area contributed by atoms with Crippen molar-refractivity contribution in [3.8, 4) is 0 Å². The molecule has 1 fully saturated rings. The molecule has 2 unspecified atom stereocenters. The number of halogens is 2. The Labute approximate surface area is 139 Å². The number of hydrogen-bond donors (Lipinski definition) is 0. The third-order valence-corrected chi connectivity index (χ3v) is 4.70. The number of ether oxygens (including phenoxy) is 1. The smallest absolute Gasteiger partial charge is 0.137 e. The summed E-state index contributed by atoms with van der Waals surface area (Å²) in [5, 5.41) is 5.45. The minimum Gasteiger partial charge on any atom is -0.367 e. The van der Waals surface area contributed by atoms with Crippen LogP contribution in [0.5, 0.6) is 0 Å². The molecule has 22 heavy (non-hydrogen) atoms. The maximum atomic E-state index is 6.44. The molecule has 2 heterocycles. The SMILES string of the molecule is CN(C)C1COC(Cn2cncn2)(c2ccc(Cl)cc2Cl)C1. The Hall–Kier alpha value is -1.14. The van der Waals surface area contributed by atoms with Crippen LogP contribution in [0, 0.1) is 0 Å². The standard InChI is InChI=1S/C15H18Cl2N4O/c1-20(2)12-6-15(22-7-12,8-21-10-18-9-19-21)13-4-3-11(16)5-14(13)17/h3-5,9-10,12H,6-8H2,1-2H3. The Bertz CT molecular complexity index is 647. The van der Waals surface area contributed by atoms with Gasteiger partial charge in [-0.05, 0) is 26.2 Å². The Morgan fingerprint density at radius 3 is 2.82 bits per heavy atom. The average Bonchev–Trinajstić information content (AvgIpc) is 3.09. The lowest BCUT2D eigenvalue weighted by Crippen LogP contribution is -2.34. The summed E-state index contributed by atoms with van der Waals surface area (Å²) in [7, 11) is 4.12. The van der Waals surface area contributed by atoms with E-state index >= 15 is 0 Å². The molecular formula is C15H18Cl2N4O. The van der Waals surface area contributed by atoms with Gasteiger partial charge < -0.3 is 9.64 Å². The summed E-state index contributed by atoms with van der Waals surface area (Å²) in [5.41, 5.74) is 0.419. The molecular weight excluding hydrogens is 323 g/mol. The number of hydrogen-bond acceptors (Lipinski definition) is 4. The van der Waals surface area contributed by atoms with Gasteiger partial charge in [-0.15, -0.1) is 0 Å². The summed E-state index contributed by atoms with van der Waals surface area (Å²) in [5.74, 6) is 0. The van der Waals surface area contributed by atoms with Crippen molar-refractivity contribution in [2.75, 3.05) is 20.7 Å². The first-order valence-corrected chi connectivity index (χ1v) is 7.84. The van der Waals surface area contributed by atoms with Crippen LogP contribution in [-0.2, 0) is 16.9 Å². The van der Waals surface area contributed by atoms with Gasteiger partial charge in [-0.25, -0.2) is 9.67 Å². The van der Waals surface area contributed by atoms with Crippen molar-refractivity contribution in [3.63, 3.8) is 0 Å². The molecule has 7 heteroatoms. The van der Waals surface area contributed by atoms with Crippen molar-refractivity contribution in [3.05, 3.63) is 46.5 Å². The molecule has 0 bridgehead atoms. The van der Waals surface area contributed by atoms with Crippen LogP contribution < -0.4 is 0 Å². The second-order valence-electron chi connectivity index (χ2n) is 5.84. The maximum Gasteiger partial charge on any atom is 0.137 e. The molecule has 5 nitrogen and oxygen atoms in total. The molecule has 0 amide bonds. The van der Waals surface area contributed by atoms with Crippen molar-refractivity contribution >= 4 is 23.2 Å². The van der Waals surface area contributed by atoms with Crippen LogP contribution in [0.4, 0.5) is 0 Å². The van der Waals surface area contributed by atoms with Crippen molar-refractivity contribution in [2.45, 2.75) is 24.6 Å². The van der Waals surface area contributed by atoms with Crippen molar-refractivity contribution in [1.29, 1.82) is 0 Å². The molecule has 2 atom stereocenters. The highest BCUT2D eigenvalue weighted by Gasteiger charge is 2.44. The summed E-state index contributed by atoms with van der Waals surface area (Å²) >= 11 is 12.5. The Morgan fingerprint density at radius 1 is 1.41 bits per heavy atom. The molecule has 118 valence electrons. The molecule has 1 aromatic heterocycles. The Balaban J connectivity index is 1.99. The monoisotopic (exact) mass is 340 g/mol. The molecule has 0 radical (unpaired) electrons. The predicted octanol–water partition coefficient (Wildman–Crippen LogP) is 2.83. The lowest BCUT2D eigenvalue weighted by atomic mass is 9.89. The fourth-order valence-electron chi connectivity index (χ4n) is 2.90. The minimum absolute atomic E-state index is 0.329. The van der Waals surface area contributed by atoms with Crippen LogP contribution in [0.2, 0.25) is 10.0 Å². The third kappa shape index (κ3) is 2.99. The number of likely N-dealkylation sites (N-methyl/N-ethyl adjacent to an activating group) is 1. The molecule has 0 aliphatic carbocycles. The lowest BCUT2D eigenvalue weighted by Gasteiger charge is -2.30. The summed E-state index contributed by atoms with van der Waals surface area (Å²) in [6.07, 6.45) is 4.05. The quantitative estimate of drug-likeness (QED) is 0.858. The zero-order valence-electron chi connectivity index (χ0n) is 12.5. The van der Waals surface area contributed by atoms with Gasteiger partial charge in [-0.1, -0.05) is 29.3 Å². The summed E-state index contributed by atoms with van der Waals surface area (Å²) in [6, 6.07) is 5.88. The van der Waals surface area contributed by atoms with Gasteiger partial charge in [-0.3, -0.25) is 0 Å². The molecule has 1 aliphatic heterocycles. The molecule has 0 N–H and O–H groups in total. The fraction of sp³-hybridized carbons (Fsp3) is 0.467. The molecule has 2 aromatic rings. The van der Waals surface area contributed by atoms with Gasteiger partial charge in [-0.2, -0.15) is 5.10 Å². The van der Waals surface area contributed by atoms with Crippen LogP contribution in [0.15, 0.2) is 30.9 Å². The van der Waals surface area contributed by atoms with Crippen molar-refractivity contribution in [1.82, 2.24) is 19.7 Å². The lowest BCUT2D eigenvalue weighted by molar-refractivity contribution is -0.0179. The van der Waals surface area contributed by atoms with Crippen LogP contribution in [-0.4, -0.2) is 46.4 Å². The van der Waals surface area contributed by atoms with E-state index in [1.54, 1.807) is 17.1 Å². The van der Waals surface area contributed by atoms with Gasteiger partial charge in [0.1, 0.15) is 18.3 Å². The van der Waals surface area contributed by atoms with E-state index in [4.69, 9.17) is 27.9 Å². The van der Waals surface area contributed by atoms with Gasteiger partial charge in [0, 0.05) is 28.1 Å². The van der Waals surface area contributed by atoms with Gasteiger partial charge in [0.25, 0.3) is 0 Å². The predicted molar refractivity (Wildman–Crippen MR) is 86.2 cm³/mol. The zero-order valence-corrected chi connectivity index (χ0v) is 14.1. The van der Waals surface area contributed by atoms with E-state index in [0.29, 0.717) is 29.2 Å². The fourth-order valence-corrected chi connectivity index (χ4v) is 3.48. The second kappa shape index (κ2) is 6.16. The van der Waals surface area contributed by atoms with Crippen molar-refractivity contribution in [2.24, 2.45) is 0 Å². The molecule has 0 saturated carbocycles. The second-order valence-corrected chi connectivity index (χ2v) is 6.69. The summed E-state index contributed by atoms with van der Waals surface area (Å²) in [6.45, 7) is 1.22. The molecule has 3 rings (SSSR count). The summed E-state index contributed by atoms with van der Waals surface area (Å²) in [4.78, 5) is 6.18. The van der Waals surface area contributed by atoms with E-state index in [9.17, 15) is 0 Å². The minimum atomic E-state index is -0.524. The van der Waals surface area contributed by atoms with E-state index in [0.717, 1.165) is 12.0 Å². The van der Waals surface area contributed by atoms with E-state index in [1.165, 1.54) is 6.33 Å². The van der Waals surface area contributed by atoms with Gasteiger partial charge in [0.2, 0.25) is 0 Å². The van der Waals surface area contributed by atoms with Crippen LogP contribution in [0.3, 0.4) is 0 Å². The van der Waals surface area contributed by atoms with Crippen LogP contribution >= 0.6 is 23.2 Å².